The maximum atomic E-state index is 10.8. The van der Waals surface area contributed by atoms with Crippen LogP contribution in [0, 0.1) is 10.1 Å². The van der Waals surface area contributed by atoms with Crippen molar-refractivity contribution in [1.29, 1.82) is 0 Å². The summed E-state index contributed by atoms with van der Waals surface area (Å²) in [5.41, 5.74) is 1.64. The molecule has 1 heterocycles. The van der Waals surface area contributed by atoms with Crippen LogP contribution in [0.25, 0.3) is 5.69 Å². The lowest BCUT2D eigenvalue weighted by Gasteiger charge is -2.05. The molecule has 104 valence electrons. The summed E-state index contributed by atoms with van der Waals surface area (Å²) in [6.07, 6.45) is 4.74. The first-order valence-corrected chi connectivity index (χ1v) is 7.03. The van der Waals surface area contributed by atoms with Crippen LogP contribution in [0.2, 0.25) is 5.15 Å². The summed E-state index contributed by atoms with van der Waals surface area (Å²) in [5, 5.41) is 15.8. The SMILES string of the molecule is O=[N+]([O-])c1cccc(-n2nc(C3CCCC3)cc2Cl)c1. The van der Waals surface area contributed by atoms with E-state index in [1.807, 2.05) is 6.07 Å². The molecule has 5 nitrogen and oxygen atoms in total. The largest absolute Gasteiger partial charge is 0.271 e. The van der Waals surface area contributed by atoms with Crippen molar-refractivity contribution in [2.24, 2.45) is 0 Å². The summed E-state index contributed by atoms with van der Waals surface area (Å²) in [6.45, 7) is 0. The molecule has 3 rings (SSSR count). The molecule has 0 amide bonds. The van der Waals surface area contributed by atoms with Gasteiger partial charge in [0.2, 0.25) is 0 Å². The fourth-order valence-corrected chi connectivity index (χ4v) is 2.96. The van der Waals surface area contributed by atoms with Crippen LogP contribution in [0.1, 0.15) is 37.3 Å². The predicted molar refractivity (Wildman–Crippen MR) is 76.4 cm³/mol. The lowest BCUT2D eigenvalue weighted by Crippen LogP contribution is -2.00. The molecule has 0 spiro atoms. The van der Waals surface area contributed by atoms with Crippen molar-refractivity contribution in [1.82, 2.24) is 9.78 Å². The number of hydrogen-bond donors (Lipinski definition) is 0. The van der Waals surface area contributed by atoms with Crippen LogP contribution in [0.4, 0.5) is 5.69 Å². The van der Waals surface area contributed by atoms with E-state index in [-0.39, 0.29) is 5.69 Å². The third-order valence-electron chi connectivity index (χ3n) is 3.74. The molecule has 2 aromatic rings. The Labute approximate surface area is 121 Å². The maximum Gasteiger partial charge on any atom is 0.271 e. The van der Waals surface area contributed by atoms with Gasteiger partial charge < -0.3 is 0 Å². The molecule has 1 fully saturated rings. The van der Waals surface area contributed by atoms with Gasteiger partial charge in [0.05, 0.1) is 16.3 Å². The van der Waals surface area contributed by atoms with Gasteiger partial charge in [-0.2, -0.15) is 5.10 Å². The van der Waals surface area contributed by atoms with Crippen molar-refractivity contribution in [3.8, 4) is 5.69 Å². The van der Waals surface area contributed by atoms with Crippen molar-refractivity contribution in [3.05, 3.63) is 51.3 Å². The van der Waals surface area contributed by atoms with Crippen LogP contribution >= 0.6 is 11.6 Å². The number of benzene rings is 1. The lowest BCUT2D eigenvalue weighted by atomic mass is 10.1. The summed E-state index contributed by atoms with van der Waals surface area (Å²) in [6, 6.07) is 8.22. The van der Waals surface area contributed by atoms with Gasteiger partial charge in [0.1, 0.15) is 5.15 Å². The number of non-ortho nitro benzene ring substituents is 1. The van der Waals surface area contributed by atoms with E-state index in [1.54, 1.807) is 16.8 Å². The number of aromatic nitrogens is 2. The molecule has 0 N–H and O–H groups in total. The first-order chi connectivity index (χ1) is 9.65. The zero-order chi connectivity index (χ0) is 14.1. The normalized spacial score (nSPS) is 15.7. The van der Waals surface area contributed by atoms with Crippen LogP contribution in [0.5, 0.6) is 0 Å². The molecule has 20 heavy (non-hydrogen) atoms. The van der Waals surface area contributed by atoms with E-state index >= 15 is 0 Å². The Hall–Kier alpha value is -1.88. The maximum absolute atomic E-state index is 10.8. The minimum Gasteiger partial charge on any atom is -0.258 e. The molecule has 1 aliphatic carbocycles. The van der Waals surface area contributed by atoms with Crippen molar-refractivity contribution in [2.45, 2.75) is 31.6 Å². The van der Waals surface area contributed by atoms with E-state index in [2.05, 4.69) is 5.10 Å². The summed E-state index contributed by atoms with van der Waals surface area (Å²) in [5.74, 6) is 0.465. The lowest BCUT2D eigenvalue weighted by molar-refractivity contribution is -0.384. The summed E-state index contributed by atoms with van der Waals surface area (Å²) >= 11 is 6.22. The first-order valence-electron chi connectivity index (χ1n) is 6.65. The number of hydrogen-bond acceptors (Lipinski definition) is 3. The van der Waals surface area contributed by atoms with E-state index in [1.165, 1.54) is 25.0 Å². The number of rotatable bonds is 3. The third kappa shape index (κ3) is 2.41. The van der Waals surface area contributed by atoms with Crippen LogP contribution in [0.15, 0.2) is 30.3 Å². The first kappa shape index (κ1) is 13.1. The average molecular weight is 292 g/mol. The van der Waals surface area contributed by atoms with Gasteiger partial charge in [0.15, 0.2) is 0 Å². The van der Waals surface area contributed by atoms with E-state index in [0.29, 0.717) is 16.8 Å². The molecule has 0 radical (unpaired) electrons. The van der Waals surface area contributed by atoms with Crippen molar-refractivity contribution in [3.63, 3.8) is 0 Å². The third-order valence-corrected chi connectivity index (χ3v) is 4.01. The Kier molecular flexibility index (Phi) is 3.44. The zero-order valence-electron chi connectivity index (χ0n) is 10.8. The molecular weight excluding hydrogens is 278 g/mol. The number of halogens is 1. The van der Waals surface area contributed by atoms with Gasteiger partial charge in [0, 0.05) is 18.1 Å². The van der Waals surface area contributed by atoms with Gasteiger partial charge in [-0.05, 0) is 25.0 Å². The molecule has 0 atom stereocenters. The molecule has 1 aromatic carbocycles. The van der Waals surface area contributed by atoms with E-state index < -0.39 is 4.92 Å². The zero-order valence-corrected chi connectivity index (χ0v) is 11.6. The van der Waals surface area contributed by atoms with E-state index in [4.69, 9.17) is 11.6 Å². The molecule has 0 unspecified atom stereocenters. The molecular formula is C14H14ClN3O2. The summed E-state index contributed by atoms with van der Waals surface area (Å²) in [7, 11) is 0. The second-order valence-corrected chi connectivity index (χ2v) is 5.45. The van der Waals surface area contributed by atoms with Crippen LogP contribution in [-0.2, 0) is 0 Å². The van der Waals surface area contributed by atoms with Crippen molar-refractivity contribution >= 4 is 17.3 Å². The number of nitro benzene ring substituents is 1. The average Bonchev–Trinajstić information content (AvgIpc) is 3.07. The Morgan fingerprint density at radius 3 is 2.75 bits per heavy atom. The predicted octanol–water partition coefficient (Wildman–Crippen LogP) is 4.09. The summed E-state index contributed by atoms with van der Waals surface area (Å²) < 4.78 is 1.57. The van der Waals surface area contributed by atoms with Crippen molar-refractivity contribution in [2.75, 3.05) is 0 Å². The minimum atomic E-state index is -0.418. The molecule has 1 saturated carbocycles. The second kappa shape index (κ2) is 5.25. The Morgan fingerprint density at radius 2 is 2.05 bits per heavy atom. The van der Waals surface area contributed by atoms with Crippen LogP contribution in [0.3, 0.4) is 0 Å². The molecule has 1 aromatic heterocycles. The topological polar surface area (TPSA) is 61.0 Å². The smallest absolute Gasteiger partial charge is 0.258 e. The molecule has 0 saturated heterocycles. The summed E-state index contributed by atoms with van der Waals surface area (Å²) in [4.78, 5) is 10.4. The highest BCUT2D eigenvalue weighted by Gasteiger charge is 2.21. The van der Waals surface area contributed by atoms with Crippen LogP contribution < -0.4 is 0 Å². The highest BCUT2D eigenvalue weighted by Crippen LogP contribution is 2.35. The van der Waals surface area contributed by atoms with E-state index in [9.17, 15) is 10.1 Å². The van der Waals surface area contributed by atoms with Gasteiger partial charge in [-0.3, -0.25) is 10.1 Å². The monoisotopic (exact) mass is 291 g/mol. The minimum absolute atomic E-state index is 0.0384. The quantitative estimate of drug-likeness (QED) is 0.632. The molecule has 1 aliphatic rings. The van der Waals surface area contributed by atoms with Gasteiger partial charge in [0.25, 0.3) is 5.69 Å². The van der Waals surface area contributed by atoms with Gasteiger partial charge >= 0.3 is 0 Å². The molecule has 0 aliphatic heterocycles. The van der Waals surface area contributed by atoms with Crippen molar-refractivity contribution < 1.29 is 4.92 Å². The van der Waals surface area contributed by atoms with Gasteiger partial charge in [-0.15, -0.1) is 0 Å². The standard InChI is InChI=1S/C14H14ClN3O2/c15-14-9-13(10-4-1-2-5-10)16-17(14)11-6-3-7-12(8-11)18(19)20/h3,6-10H,1-2,4-5H2. The number of nitro groups is 1. The Bertz CT molecular complexity index is 648. The molecule has 6 heteroatoms. The number of nitrogens with zero attached hydrogens (tertiary/aromatic N) is 3. The highest BCUT2D eigenvalue weighted by molar-refractivity contribution is 6.29. The fourth-order valence-electron chi connectivity index (χ4n) is 2.72. The Balaban J connectivity index is 1.97. The second-order valence-electron chi connectivity index (χ2n) is 5.06. The van der Waals surface area contributed by atoms with E-state index in [0.717, 1.165) is 18.5 Å². The molecule has 0 bridgehead atoms. The van der Waals surface area contributed by atoms with Crippen LogP contribution in [-0.4, -0.2) is 14.7 Å². The fraction of sp³-hybridized carbons (Fsp3) is 0.357. The Morgan fingerprint density at radius 1 is 1.30 bits per heavy atom. The van der Waals surface area contributed by atoms with Gasteiger partial charge in [-0.25, -0.2) is 4.68 Å². The van der Waals surface area contributed by atoms with Gasteiger partial charge in [-0.1, -0.05) is 30.5 Å². The highest BCUT2D eigenvalue weighted by atomic mass is 35.5.